The highest BCUT2D eigenvalue weighted by Crippen LogP contribution is 2.44. The van der Waals surface area contributed by atoms with Crippen molar-refractivity contribution in [3.63, 3.8) is 0 Å². The number of benzene rings is 1. The second-order valence-electron chi connectivity index (χ2n) is 9.79. The van der Waals surface area contributed by atoms with Crippen LogP contribution in [-0.4, -0.2) is 36.7 Å². The third-order valence-electron chi connectivity index (χ3n) is 7.59. The van der Waals surface area contributed by atoms with Gasteiger partial charge in [-0.3, -0.25) is 4.98 Å². The number of thiocarbonyl (C=S) groups is 1. The van der Waals surface area contributed by atoms with Crippen molar-refractivity contribution in [1.29, 1.82) is 0 Å². The molecule has 2 aliphatic rings. The Morgan fingerprint density at radius 2 is 1.86 bits per heavy atom. The van der Waals surface area contributed by atoms with Crippen LogP contribution in [0.3, 0.4) is 0 Å². The molecular formula is C28H32N4O2S. The van der Waals surface area contributed by atoms with Gasteiger partial charge in [0.1, 0.15) is 0 Å². The molecule has 1 aliphatic heterocycles. The van der Waals surface area contributed by atoms with Crippen molar-refractivity contribution in [2.24, 2.45) is 0 Å². The zero-order valence-electron chi connectivity index (χ0n) is 20.5. The summed E-state index contributed by atoms with van der Waals surface area (Å²) in [5.74, 6) is -0.919. The van der Waals surface area contributed by atoms with Crippen LogP contribution in [0.5, 0.6) is 0 Å². The normalized spacial score (nSPS) is 20.8. The first-order valence-corrected chi connectivity index (χ1v) is 12.8. The van der Waals surface area contributed by atoms with E-state index in [2.05, 4.69) is 40.8 Å². The number of carboxylic acids is 1. The molecule has 0 bridgehead atoms. The second kappa shape index (κ2) is 9.46. The Balaban J connectivity index is 1.65. The molecule has 1 saturated heterocycles. The molecule has 1 saturated carbocycles. The van der Waals surface area contributed by atoms with Crippen LogP contribution < -0.4 is 5.32 Å². The third-order valence-corrected chi connectivity index (χ3v) is 7.92. The molecule has 2 aromatic heterocycles. The average molecular weight is 489 g/mol. The van der Waals surface area contributed by atoms with E-state index in [0.717, 1.165) is 46.3 Å². The lowest BCUT2D eigenvalue weighted by atomic mass is 9.90. The SMILES string of the molecule is Cc1ccc(C(=O)O)cc1-n1c(C)cc(C2C(c3ccccn3)NC(=S)N2C2CCCCC2)c1C. The number of aromatic nitrogens is 2. The van der Waals surface area contributed by atoms with Gasteiger partial charge in [0.25, 0.3) is 0 Å². The minimum absolute atomic E-state index is 0.0170. The Bertz CT molecular complexity index is 1260. The Morgan fingerprint density at radius 1 is 1.09 bits per heavy atom. The molecule has 1 aromatic carbocycles. The number of pyridine rings is 1. The van der Waals surface area contributed by atoms with E-state index < -0.39 is 5.97 Å². The van der Waals surface area contributed by atoms with Crippen LogP contribution in [0, 0.1) is 20.8 Å². The van der Waals surface area contributed by atoms with Crippen LogP contribution in [0.25, 0.3) is 5.69 Å². The zero-order valence-corrected chi connectivity index (χ0v) is 21.3. The lowest BCUT2D eigenvalue weighted by molar-refractivity contribution is 0.0697. The fraction of sp³-hybridized carbons (Fsp3) is 0.393. The Hall–Kier alpha value is -3.19. The number of hydrogen-bond donors (Lipinski definition) is 2. The van der Waals surface area contributed by atoms with Gasteiger partial charge in [-0.25, -0.2) is 4.79 Å². The first-order valence-electron chi connectivity index (χ1n) is 12.4. The number of hydrogen-bond acceptors (Lipinski definition) is 3. The summed E-state index contributed by atoms with van der Waals surface area (Å²) >= 11 is 5.93. The Morgan fingerprint density at radius 3 is 2.54 bits per heavy atom. The summed E-state index contributed by atoms with van der Waals surface area (Å²) in [6.45, 7) is 6.24. The molecule has 2 atom stereocenters. The van der Waals surface area contributed by atoms with Crippen LogP contribution in [0.1, 0.15) is 82.8 Å². The Kier molecular flexibility index (Phi) is 6.36. The number of rotatable bonds is 5. The fourth-order valence-electron chi connectivity index (χ4n) is 5.89. The summed E-state index contributed by atoms with van der Waals surface area (Å²) in [6.07, 6.45) is 7.87. The van der Waals surface area contributed by atoms with E-state index in [-0.39, 0.29) is 12.1 Å². The first-order chi connectivity index (χ1) is 16.9. The predicted octanol–water partition coefficient (Wildman–Crippen LogP) is 5.80. The van der Waals surface area contributed by atoms with Gasteiger partial charge in [0.05, 0.1) is 23.3 Å². The summed E-state index contributed by atoms with van der Waals surface area (Å²) in [4.78, 5) is 18.8. The van der Waals surface area contributed by atoms with E-state index in [1.54, 1.807) is 12.1 Å². The summed E-state index contributed by atoms with van der Waals surface area (Å²) in [7, 11) is 0. The standard InChI is InChI=1S/C28H32N4O2S/c1-17-12-13-20(27(33)34)16-24(17)31-18(2)15-22(19(31)3)26-25(23-11-7-8-14-29-23)30-28(35)32(26)21-9-5-4-6-10-21/h7-8,11-16,21,25-26H,4-6,9-10H2,1-3H3,(H,30,35)(H,33,34). The number of carbonyl (C=O) groups is 1. The summed E-state index contributed by atoms with van der Waals surface area (Å²) in [6, 6.07) is 14.0. The molecule has 182 valence electrons. The molecule has 5 rings (SSSR count). The molecule has 35 heavy (non-hydrogen) atoms. The molecule has 2 N–H and O–H groups in total. The molecule has 1 aliphatic carbocycles. The van der Waals surface area contributed by atoms with Gasteiger partial charge in [-0.2, -0.15) is 0 Å². The maximum absolute atomic E-state index is 11.7. The number of aryl methyl sites for hydroxylation is 2. The largest absolute Gasteiger partial charge is 0.478 e. The van der Waals surface area contributed by atoms with Crippen molar-refractivity contribution in [1.82, 2.24) is 19.8 Å². The van der Waals surface area contributed by atoms with Gasteiger partial charge in [0, 0.05) is 29.3 Å². The van der Waals surface area contributed by atoms with Gasteiger partial charge < -0.3 is 19.9 Å². The van der Waals surface area contributed by atoms with Gasteiger partial charge in [-0.15, -0.1) is 0 Å². The molecule has 3 heterocycles. The van der Waals surface area contributed by atoms with E-state index in [9.17, 15) is 9.90 Å². The molecule has 3 aromatic rings. The predicted molar refractivity (Wildman–Crippen MR) is 141 cm³/mol. The molecule has 2 unspecified atom stereocenters. The Labute approximate surface area is 212 Å². The quantitative estimate of drug-likeness (QED) is 0.442. The first kappa shape index (κ1) is 23.5. The molecule has 0 spiro atoms. The van der Waals surface area contributed by atoms with Crippen molar-refractivity contribution in [2.75, 3.05) is 0 Å². The zero-order chi connectivity index (χ0) is 24.7. The van der Waals surface area contributed by atoms with Crippen molar-refractivity contribution < 1.29 is 9.90 Å². The lowest BCUT2D eigenvalue weighted by Crippen LogP contribution is -2.40. The molecule has 6 nitrogen and oxygen atoms in total. The van der Waals surface area contributed by atoms with Crippen LogP contribution >= 0.6 is 12.2 Å². The van der Waals surface area contributed by atoms with Crippen molar-refractivity contribution in [3.8, 4) is 5.69 Å². The van der Waals surface area contributed by atoms with E-state index >= 15 is 0 Å². The lowest BCUT2D eigenvalue weighted by Gasteiger charge is -2.37. The molecule has 7 heteroatoms. The summed E-state index contributed by atoms with van der Waals surface area (Å²) in [5.41, 5.74) is 6.59. The number of nitrogens with zero attached hydrogens (tertiary/aromatic N) is 3. The maximum Gasteiger partial charge on any atom is 0.335 e. The summed E-state index contributed by atoms with van der Waals surface area (Å²) in [5, 5.41) is 14.0. The van der Waals surface area contributed by atoms with Gasteiger partial charge in [0.15, 0.2) is 5.11 Å². The topological polar surface area (TPSA) is 70.4 Å². The van der Waals surface area contributed by atoms with Gasteiger partial charge in [-0.1, -0.05) is 31.4 Å². The van der Waals surface area contributed by atoms with Crippen molar-refractivity contribution in [3.05, 3.63) is 82.4 Å². The maximum atomic E-state index is 11.7. The van der Waals surface area contributed by atoms with Gasteiger partial charge >= 0.3 is 5.97 Å². The van der Waals surface area contributed by atoms with Gasteiger partial charge in [0.2, 0.25) is 0 Å². The molecule has 0 amide bonds. The highest BCUT2D eigenvalue weighted by Gasteiger charge is 2.44. The van der Waals surface area contributed by atoms with E-state index in [4.69, 9.17) is 17.2 Å². The minimum atomic E-state index is -0.919. The molecule has 0 radical (unpaired) electrons. The number of carboxylic acid groups (broad SMARTS) is 1. The van der Waals surface area contributed by atoms with Crippen LogP contribution in [0.15, 0.2) is 48.7 Å². The van der Waals surface area contributed by atoms with Crippen LogP contribution in [0.4, 0.5) is 0 Å². The highest BCUT2D eigenvalue weighted by atomic mass is 32.1. The van der Waals surface area contributed by atoms with Crippen LogP contribution in [-0.2, 0) is 0 Å². The van der Waals surface area contributed by atoms with E-state index in [1.807, 2.05) is 31.3 Å². The third kappa shape index (κ3) is 4.22. The van der Waals surface area contributed by atoms with Crippen molar-refractivity contribution in [2.45, 2.75) is 71.0 Å². The van der Waals surface area contributed by atoms with E-state index in [1.165, 1.54) is 24.8 Å². The number of aromatic carboxylic acids is 1. The smallest absolute Gasteiger partial charge is 0.335 e. The highest BCUT2D eigenvalue weighted by molar-refractivity contribution is 7.80. The minimum Gasteiger partial charge on any atom is -0.478 e. The number of nitrogens with one attached hydrogen (secondary N) is 1. The second-order valence-corrected chi connectivity index (χ2v) is 10.2. The van der Waals surface area contributed by atoms with Gasteiger partial charge in [-0.05, 0) is 87.3 Å². The van der Waals surface area contributed by atoms with E-state index in [0.29, 0.717) is 11.6 Å². The van der Waals surface area contributed by atoms with Crippen molar-refractivity contribution >= 4 is 23.3 Å². The fourth-order valence-corrected chi connectivity index (χ4v) is 6.28. The monoisotopic (exact) mass is 488 g/mol. The molecule has 2 fully saturated rings. The molecular weight excluding hydrogens is 456 g/mol. The average Bonchev–Trinajstić information content (AvgIpc) is 3.35. The summed E-state index contributed by atoms with van der Waals surface area (Å²) < 4.78 is 2.19. The van der Waals surface area contributed by atoms with Crippen LogP contribution in [0.2, 0.25) is 0 Å².